The Labute approximate surface area is 98.8 Å². The van der Waals surface area contributed by atoms with Gasteiger partial charge in [0.05, 0.1) is 15.9 Å². The second-order valence-electron chi connectivity index (χ2n) is 2.72. The van der Waals surface area contributed by atoms with E-state index >= 15 is 0 Å². The number of hydrogen-bond acceptors (Lipinski definition) is 4. The summed E-state index contributed by atoms with van der Waals surface area (Å²) in [7, 11) is 0. The predicted molar refractivity (Wildman–Crippen MR) is 66.1 cm³/mol. The van der Waals surface area contributed by atoms with Crippen LogP contribution in [0, 0.1) is 3.57 Å². The van der Waals surface area contributed by atoms with Gasteiger partial charge in [-0.05, 0) is 34.7 Å². The molecule has 0 aliphatic carbocycles. The summed E-state index contributed by atoms with van der Waals surface area (Å²) < 4.78 is 0.914. The molecule has 6 heteroatoms. The zero-order valence-electron chi connectivity index (χ0n) is 6.96. The summed E-state index contributed by atoms with van der Waals surface area (Å²) in [6, 6.07) is 3.68. The molecule has 72 valence electrons. The molecule has 0 bridgehead atoms. The van der Waals surface area contributed by atoms with Crippen LogP contribution < -0.4 is 11.5 Å². The van der Waals surface area contributed by atoms with E-state index in [9.17, 15) is 0 Å². The van der Waals surface area contributed by atoms with Crippen molar-refractivity contribution in [2.24, 2.45) is 0 Å². The lowest BCUT2D eigenvalue weighted by atomic mass is 10.2. The lowest BCUT2D eigenvalue weighted by molar-refractivity contribution is 1.24. The van der Waals surface area contributed by atoms with Gasteiger partial charge in [0.2, 0.25) is 5.95 Å². The van der Waals surface area contributed by atoms with E-state index in [-0.39, 0.29) is 5.95 Å². The summed E-state index contributed by atoms with van der Waals surface area (Å²) in [5.74, 6) is 0.475. The SMILES string of the molecule is Nc1nc(N)c2c(Cl)c(I)ccc2n1. The van der Waals surface area contributed by atoms with Gasteiger partial charge in [0.15, 0.2) is 0 Å². The van der Waals surface area contributed by atoms with Crippen LogP contribution >= 0.6 is 34.2 Å². The molecule has 0 aliphatic rings. The van der Waals surface area contributed by atoms with Gasteiger partial charge in [-0.2, -0.15) is 4.98 Å². The fourth-order valence-corrected chi connectivity index (χ4v) is 1.91. The maximum atomic E-state index is 6.08. The number of halogens is 2. The number of nitrogen functional groups attached to an aromatic ring is 2. The van der Waals surface area contributed by atoms with Crippen molar-refractivity contribution >= 4 is 56.9 Å². The van der Waals surface area contributed by atoms with E-state index in [1.165, 1.54) is 0 Å². The van der Waals surface area contributed by atoms with Crippen LogP contribution in [-0.2, 0) is 0 Å². The lowest BCUT2D eigenvalue weighted by Crippen LogP contribution is -2.01. The van der Waals surface area contributed by atoms with Gasteiger partial charge in [-0.3, -0.25) is 0 Å². The number of rotatable bonds is 0. The normalized spacial score (nSPS) is 10.7. The van der Waals surface area contributed by atoms with E-state index in [1.54, 1.807) is 0 Å². The fourth-order valence-electron chi connectivity index (χ4n) is 1.21. The molecule has 0 spiro atoms. The average molecular weight is 321 g/mol. The van der Waals surface area contributed by atoms with Crippen molar-refractivity contribution in [3.8, 4) is 0 Å². The summed E-state index contributed by atoms with van der Waals surface area (Å²) in [5.41, 5.74) is 11.8. The molecule has 4 N–H and O–H groups in total. The Morgan fingerprint density at radius 2 is 1.93 bits per heavy atom. The Hall–Kier alpha value is -0.820. The smallest absolute Gasteiger partial charge is 0.222 e. The Kier molecular flexibility index (Phi) is 2.36. The van der Waals surface area contributed by atoms with E-state index in [0.717, 1.165) is 3.57 Å². The number of nitrogens with two attached hydrogens (primary N) is 2. The second kappa shape index (κ2) is 3.39. The molecule has 0 unspecified atom stereocenters. The molecule has 0 aliphatic heterocycles. The van der Waals surface area contributed by atoms with Crippen LogP contribution in [0.15, 0.2) is 12.1 Å². The summed E-state index contributed by atoms with van der Waals surface area (Å²) in [6.45, 7) is 0. The molecule has 0 radical (unpaired) electrons. The van der Waals surface area contributed by atoms with E-state index in [1.807, 2.05) is 12.1 Å². The zero-order valence-corrected chi connectivity index (χ0v) is 9.87. The zero-order chi connectivity index (χ0) is 10.3. The number of aromatic nitrogens is 2. The highest BCUT2D eigenvalue weighted by Crippen LogP contribution is 2.30. The van der Waals surface area contributed by atoms with Gasteiger partial charge in [-0.15, -0.1) is 0 Å². The molecular formula is C8H6ClIN4. The number of nitrogens with zero attached hydrogens (tertiary/aromatic N) is 2. The van der Waals surface area contributed by atoms with Gasteiger partial charge in [-0.1, -0.05) is 11.6 Å². The summed E-state index contributed by atoms with van der Waals surface area (Å²) in [5, 5.41) is 1.23. The van der Waals surface area contributed by atoms with Crippen LogP contribution in [0.25, 0.3) is 10.9 Å². The molecule has 4 nitrogen and oxygen atoms in total. The highest BCUT2D eigenvalue weighted by atomic mass is 127. The van der Waals surface area contributed by atoms with Gasteiger partial charge >= 0.3 is 0 Å². The molecule has 2 aromatic rings. The third kappa shape index (κ3) is 1.46. The molecule has 0 saturated heterocycles. The summed E-state index contributed by atoms with van der Waals surface area (Å²) in [6.07, 6.45) is 0. The topological polar surface area (TPSA) is 77.8 Å². The van der Waals surface area contributed by atoms with Crippen molar-refractivity contribution in [3.05, 3.63) is 20.7 Å². The van der Waals surface area contributed by atoms with Gasteiger partial charge in [0.25, 0.3) is 0 Å². The third-order valence-electron chi connectivity index (χ3n) is 1.80. The van der Waals surface area contributed by atoms with E-state index in [2.05, 4.69) is 32.6 Å². The minimum absolute atomic E-state index is 0.160. The van der Waals surface area contributed by atoms with Gasteiger partial charge in [0, 0.05) is 3.57 Å². The molecule has 0 amide bonds. The fraction of sp³-hybridized carbons (Fsp3) is 0. The van der Waals surface area contributed by atoms with Crippen LogP contribution in [-0.4, -0.2) is 9.97 Å². The van der Waals surface area contributed by atoms with Crippen LogP contribution in [0.4, 0.5) is 11.8 Å². The molecule has 1 aromatic carbocycles. The molecule has 2 rings (SSSR count). The number of hydrogen-bond donors (Lipinski definition) is 2. The Bertz CT molecular complexity index is 514. The first-order valence-electron chi connectivity index (χ1n) is 3.76. The number of anilines is 2. The molecular weight excluding hydrogens is 314 g/mol. The van der Waals surface area contributed by atoms with Crippen LogP contribution in [0.1, 0.15) is 0 Å². The number of benzene rings is 1. The minimum atomic E-state index is 0.160. The standard InChI is InChI=1S/C8H6ClIN4/c9-6-3(10)1-2-4-5(6)7(11)14-8(12)13-4/h1-2H,(H4,11,12,13,14). The molecule has 0 saturated carbocycles. The predicted octanol–water partition coefficient (Wildman–Crippen LogP) is 2.05. The molecule has 0 atom stereocenters. The second-order valence-corrected chi connectivity index (χ2v) is 4.26. The van der Waals surface area contributed by atoms with Crippen molar-refractivity contribution in [2.45, 2.75) is 0 Å². The van der Waals surface area contributed by atoms with Crippen molar-refractivity contribution < 1.29 is 0 Å². The van der Waals surface area contributed by atoms with Crippen molar-refractivity contribution in [1.29, 1.82) is 0 Å². The quantitative estimate of drug-likeness (QED) is 0.728. The Morgan fingerprint density at radius 1 is 1.21 bits per heavy atom. The molecule has 0 fully saturated rings. The van der Waals surface area contributed by atoms with Crippen LogP contribution in [0.5, 0.6) is 0 Å². The first-order valence-corrected chi connectivity index (χ1v) is 5.22. The van der Waals surface area contributed by atoms with Crippen molar-refractivity contribution in [3.63, 3.8) is 0 Å². The van der Waals surface area contributed by atoms with Gasteiger partial charge in [-0.25, -0.2) is 4.98 Å². The summed E-state index contributed by atoms with van der Waals surface area (Å²) in [4.78, 5) is 7.90. The van der Waals surface area contributed by atoms with Crippen LogP contribution in [0.2, 0.25) is 5.02 Å². The lowest BCUT2D eigenvalue weighted by Gasteiger charge is -2.05. The maximum absolute atomic E-state index is 6.08. The minimum Gasteiger partial charge on any atom is -0.383 e. The van der Waals surface area contributed by atoms with Gasteiger partial charge in [0.1, 0.15) is 5.82 Å². The first-order chi connectivity index (χ1) is 6.59. The van der Waals surface area contributed by atoms with Crippen molar-refractivity contribution in [2.75, 3.05) is 11.5 Å². The van der Waals surface area contributed by atoms with Crippen molar-refractivity contribution in [1.82, 2.24) is 9.97 Å². The van der Waals surface area contributed by atoms with Gasteiger partial charge < -0.3 is 11.5 Å². The largest absolute Gasteiger partial charge is 0.383 e. The molecule has 1 aromatic heterocycles. The third-order valence-corrected chi connectivity index (χ3v) is 3.41. The molecule has 14 heavy (non-hydrogen) atoms. The molecule has 1 heterocycles. The summed E-state index contributed by atoms with van der Waals surface area (Å²) >= 11 is 8.20. The van der Waals surface area contributed by atoms with E-state index < -0.39 is 0 Å². The Balaban J connectivity index is 2.95. The maximum Gasteiger partial charge on any atom is 0.222 e. The highest BCUT2D eigenvalue weighted by molar-refractivity contribution is 14.1. The van der Waals surface area contributed by atoms with E-state index in [4.69, 9.17) is 23.1 Å². The Morgan fingerprint density at radius 3 is 2.64 bits per heavy atom. The van der Waals surface area contributed by atoms with Crippen LogP contribution in [0.3, 0.4) is 0 Å². The first kappa shape index (κ1) is 9.72. The average Bonchev–Trinajstić information content (AvgIpc) is 2.10. The number of fused-ring (bicyclic) bond motifs is 1. The van der Waals surface area contributed by atoms with E-state index in [0.29, 0.717) is 21.7 Å². The monoisotopic (exact) mass is 320 g/mol. The highest BCUT2D eigenvalue weighted by Gasteiger charge is 2.09.